The molecule has 1 atom stereocenters. The summed E-state index contributed by atoms with van der Waals surface area (Å²) in [7, 11) is 0. The molecule has 1 aromatic heterocycles. The Hall–Kier alpha value is -1.98. The number of para-hydroxylation sites is 1. The zero-order chi connectivity index (χ0) is 14.2. The number of carboxylic acid groups (broad SMARTS) is 1. The summed E-state index contributed by atoms with van der Waals surface area (Å²) in [5.74, 6) is -4.26. The van der Waals surface area contributed by atoms with Gasteiger partial charge in [0, 0.05) is 23.6 Å². The Kier molecular flexibility index (Phi) is 3.26. The third kappa shape index (κ3) is 2.57. The van der Waals surface area contributed by atoms with Crippen molar-refractivity contribution in [2.24, 2.45) is 5.92 Å². The average Bonchev–Trinajstić information content (AvgIpc) is 2.62. The van der Waals surface area contributed by atoms with E-state index < -0.39 is 24.6 Å². The summed E-state index contributed by atoms with van der Waals surface area (Å²) in [6, 6.07) is 6.97. The predicted octanol–water partition coefficient (Wildman–Crippen LogP) is 3.21. The smallest absolute Gasteiger partial charge is 0.403 e. The highest BCUT2D eigenvalue weighted by Gasteiger charge is 2.45. The van der Waals surface area contributed by atoms with E-state index in [1.54, 1.807) is 37.4 Å². The van der Waals surface area contributed by atoms with Gasteiger partial charge in [-0.05, 0) is 18.6 Å². The van der Waals surface area contributed by atoms with E-state index in [2.05, 4.69) is 0 Å². The molecule has 0 aliphatic rings. The van der Waals surface area contributed by atoms with Gasteiger partial charge in [0.1, 0.15) is 0 Å². The second kappa shape index (κ2) is 4.60. The molecule has 3 nitrogen and oxygen atoms in total. The number of nitrogens with zero attached hydrogens (tertiary/aromatic N) is 1. The Balaban J connectivity index is 2.43. The Morgan fingerprint density at radius 1 is 1.37 bits per heavy atom. The molecule has 19 heavy (non-hydrogen) atoms. The fraction of sp³-hybridized carbons (Fsp3) is 0.308. The Bertz CT molecular complexity index is 616. The second-order valence-electron chi connectivity index (χ2n) is 4.41. The summed E-state index contributed by atoms with van der Waals surface area (Å²) >= 11 is 0. The van der Waals surface area contributed by atoms with Crippen LogP contribution in [0.1, 0.15) is 5.56 Å². The first-order chi connectivity index (χ1) is 8.80. The van der Waals surface area contributed by atoms with Crippen molar-refractivity contribution in [3.8, 4) is 0 Å². The molecule has 0 amide bonds. The van der Waals surface area contributed by atoms with Gasteiger partial charge in [0.25, 0.3) is 0 Å². The van der Waals surface area contributed by atoms with Crippen LogP contribution in [0.15, 0.2) is 30.5 Å². The highest BCUT2D eigenvalue weighted by molar-refractivity contribution is 5.83. The molecule has 102 valence electrons. The maximum absolute atomic E-state index is 12.7. The van der Waals surface area contributed by atoms with Crippen molar-refractivity contribution < 1.29 is 23.1 Å². The van der Waals surface area contributed by atoms with E-state index in [9.17, 15) is 18.0 Å². The molecule has 1 aromatic carbocycles. The average molecular weight is 271 g/mol. The van der Waals surface area contributed by atoms with Gasteiger partial charge in [-0.15, -0.1) is 0 Å². The molecule has 1 heterocycles. The van der Waals surface area contributed by atoms with E-state index in [1.165, 1.54) is 4.57 Å². The number of carboxylic acids is 1. The Morgan fingerprint density at radius 2 is 2.00 bits per heavy atom. The van der Waals surface area contributed by atoms with Crippen molar-refractivity contribution in [1.82, 2.24) is 4.57 Å². The molecule has 0 aliphatic carbocycles. The van der Waals surface area contributed by atoms with Crippen LogP contribution in [0, 0.1) is 12.8 Å². The number of hydrogen-bond donors (Lipinski definition) is 1. The quantitative estimate of drug-likeness (QED) is 0.931. The monoisotopic (exact) mass is 271 g/mol. The molecule has 1 N–H and O–H groups in total. The van der Waals surface area contributed by atoms with E-state index >= 15 is 0 Å². The minimum atomic E-state index is -4.76. The lowest BCUT2D eigenvalue weighted by molar-refractivity contribution is -0.195. The summed E-state index contributed by atoms with van der Waals surface area (Å²) in [6.45, 7) is 1.16. The molecule has 0 saturated carbocycles. The number of hydrogen-bond acceptors (Lipinski definition) is 1. The molecule has 6 heteroatoms. The Morgan fingerprint density at radius 3 is 2.58 bits per heavy atom. The molecule has 0 radical (unpaired) electrons. The number of aromatic nitrogens is 1. The molecular weight excluding hydrogens is 259 g/mol. The van der Waals surface area contributed by atoms with Crippen molar-refractivity contribution >= 4 is 16.9 Å². The van der Waals surface area contributed by atoms with Gasteiger partial charge in [-0.1, -0.05) is 18.2 Å². The first-order valence-electron chi connectivity index (χ1n) is 5.64. The van der Waals surface area contributed by atoms with E-state index in [4.69, 9.17) is 5.11 Å². The minimum absolute atomic E-state index is 0.607. The van der Waals surface area contributed by atoms with Crippen LogP contribution in [0.4, 0.5) is 13.2 Å². The van der Waals surface area contributed by atoms with Crippen LogP contribution in [-0.2, 0) is 11.3 Å². The van der Waals surface area contributed by atoms with E-state index in [0.29, 0.717) is 5.52 Å². The third-order valence-electron chi connectivity index (χ3n) is 3.06. The number of rotatable bonds is 3. The predicted molar refractivity (Wildman–Crippen MR) is 63.9 cm³/mol. The molecule has 0 fully saturated rings. The molecule has 0 aliphatic heterocycles. The van der Waals surface area contributed by atoms with Crippen molar-refractivity contribution in [1.29, 1.82) is 0 Å². The van der Waals surface area contributed by atoms with Gasteiger partial charge in [0.15, 0.2) is 5.92 Å². The zero-order valence-corrected chi connectivity index (χ0v) is 10.1. The van der Waals surface area contributed by atoms with Gasteiger partial charge >= 0.3 is 12.1 Å². The van der Waals surface area contributed by atoms with Crippen molar-refractivity contribution in [2.45, 2.75) is 19.6 Å². The summed E-state index contributed by atoms with van der Waals surface area (Å²) in [4.78, 5) is 10.8. The third-order valence-corrected chi connectivity index (χ3v) is 3.06. The number of carbonyl (C=O) groups is 1. The highest BCUT2D eigenvalue weighted by atomic mass is 19.4. The number of benzene rings is 1. The van der Waals surface area contributed by atoms with Crippen molar-refractivity contribution in [3.63, 3.8) is 0 Å². The summed E-state index contributed by atoms with van der Waals surface area (Å²) < 4.78 is 39.4. The molecule has 2 rings (SSSR count). The van der Waals surface area contributed by atoms with Crippen molar-refractivity contribution in [2.75, 3.05) is 0 Å². The minimum Gasteiger partial charge on any atom is -0.481 e. The zero-order valence-electron chi connectivity index (χ0n) is 10.1. The van der Waals surface area contributed by atoms with Gasteiger partial charge in [-0.3, -0.25) is 4.79 Å². The molecular formula is C13H12F3NO2. The van der Waals surface area contributed by atoms with Crippen LogP contribution in [0.2, 0.25) is 0 Å². The van der Waals surface area contributed by atoms with Gasteiger partial charge in [0.2, 0.25) is 0 Å². The SMILES string of the molecule is Cc1cn(CC(C(=O)O)C(F)(F)F)c2ccccc12. The number of fused-ring (bicyclic) bond motifs is 1. The van der Waals surface area contributed by atoms with E-state index in [-0.39, 0.29) is 0 Å². The molecule has 1 unspecified atom stereocenters. The van der Waals surface area contributed by atoms with Gasteiger partial charge in [-0.2, -0.15) is 13.2 Å². The fourth-order valence-electron chi connectivity index (χ4n) is 2.10. The largest absolute Gasteiger partial charge is 0.481 e. The lowest BCUT2D eigenvalue weighted by atomic mass is 10.1. The maximum Gasteiger partial charge on any atom is 0.403 e. The standard InChI is InChI=1S/C13H12F3NO2/c1-8-6-17(11-5-3-2-4-9(8)11)7-10(12(18)19)13(14,15)16/h2-6,10H,7H2,1H3,(H,18,19). The number of aryl methyl sites for hydroxylation is 1. The number of alkyl halides is 3. The molecule has 0 spiro atoms. The molecule has 2 aromatic rings. The summed E-state index contributed by atoms with van der Waals surface area (Å²) in [5.41, 5.74) is 1.43. The number of halogens is 3. The maximum atomic E-state index is 12.7. The lowest BCUT2D eigenvalue weighted by Crippen LogP contribution is -2.34. The van der Waals surface area contributed by atoms with Crippen LogP contribution in [0.3, 0.4) is 0 Å². The second-order valence-corrected chi connectivity index (χ2v) is 4.41. The van der Waals surface area contributed by atoms with Crippen LogP contribution < -0.4 is 0 Å². The van der Waals surface area contributed by atoms with Crippen LogP contribution in [0.5, 0.6) is 0 Å². The van der Waals surface area contributed by atoms with Gasteiger partial charge < -0.3 is 9.67 Å². The Labute approximate surface area is 107 Å². The summed E-state index contributed by atoms with van der Waals surface area (Å²) in [6.07, 6.45) is -3.21. The van der Waals surface area contributed by atoms with Crippen LogP contribution in [0.25, 0.3) is 10.9 Å². The highest BCUT2D eigenvalue weighted by Crippen LogP contribution is 2.30. The molecule has 0 saturated heterocycles. The van der Waals surface area contributed by atoms with E-state index in [1.807, 2.05) is 0 Å². The topological polar surface area (TPSA) is 42.2 Å². The lowest BCUT2D eigenvalue weighted by Gasteiger charge is -2.17. The van der Waals surface area contributed by atoms with Gasteiger partial charge in [0.05, 0.1) is 0 Å². The van der Waals surface area contributed by atoms with Gasteiger partial charge in [-0.25, -0.2) is 0 Å². The van der Waals surface area contributed by atoms with Crippen molar-refractivity contribution in [3.05, 3.63) is 36.0 Å². The van der Waals surface area contributed by atoms with Crippen LogP contribution >= 0.6 is 0 Å². The first kappa shape index (κ1) is 13.5. The van der Waals surface area contributed by atoms with Crippen LogP contribution in [-0.4, -0.2) is 21.8 Å². The number of aliphatic carboxylic acids is 1. The normalized spacial score (nSPS) is 13.7. The first-order valence-corrected chi connectivity index (χ1v) is 5.64. The van der Waals surface area contributed by atoms with E-state index in [0.717, 1.165) is 10.9 Å². The summed E-state index contributed by atoms with van der Waals surface area (Å²) in [5, 5.41) is 9.54. The fourth-order valence-corrected chi connectivity index (χ4v) is 2.10. The molecule has 0 bridgehead atoms.